The third kappa shape index (κ3) is 4.66. The standard InChI is InChI=1S/C12H16F3N/c1-10-5-3-4-6-11(10)7-8-16(2)9-12(13,14)15/h3-6H,7-9H2,1-2H3. The average Bonchev–Trinajstić information content (AvgIpc) is 2.14. The van der Waals surface area contributed by atoms with Gasteiger partial charge in [0.25, 0.3) is 0 Å². The van der Waals surface area contributed by atoms with Gasteiger partial charge in [0.2, 0.25) is 0 Å². The number of benzene rings is 1. The Morgan fingerprint density at radius 3 is 2.38 bits per heavy atom. The smallest absolute Gasteiger partial charge is 0.298 e. The molecular weight excluding hydrogens is 215 g/mol. The molecule has 0 atom stereocenters. The molecule has 90 valence electrons. The minimum atomic E-state index is -4.11. The van der Waals surface area contributed by atoms with Crippen molar-refractivity contribution in [2.24, 2.45) is 0 Å². The summed E-state index contributed by atoms with van der Waals surface area (Å²) >= 11 is 0. The number of alkyl halides is 3. The molecule has 1 rings (SSSR count). The third-order valence-corrected chi connectivity index (χ3v) is 2.47. The monoisotopic (exact) mass is 231 g/mol. The van der Waals surface area contributed by atoms with Gasteiger partial charge in [0.1, 0.15) is 0 Å². The lowest BCUT2D eigenvalue weighted by molar-refractivity contribution is -0.142. The zero-order valence-electron chi connectivity index (χ0n) is 9.51. The van der Waals surface area contributed by atoms with Gasteiger partial charge in [0.05, 0.1) is 6.54 Å². The fraction of sp³-hybridized carbons (Fsp3) is 0.500. The van der Waals surface area contributed by atoms with Crippen LogP contribution in [-0.2, 0) is 6.42 Å². The van der Waals surface area contributed by atoms with Crippen molar-refractivity contribution in [3.8, 4) is 0 Å². The van der Waals surface area contributed by atoms with Crippen molar-refractivity contribution in [2.45, 2.75) is 19.5 Å². The summed E-state index contributed by atoms with van der Waals surface area (Å²) in [5, 5.41) is 0. The van der Waals surface area contributed by atoms with Crippen LogP contribution in [0.1, 0.15) is 11.1 Å². The number of rotatable bonds is 4. The normalized spacial score (nSPS) is 12.1. The number of halogens is 3. The van der Waals surface area contributed by atoms with E-state index in [-0.39, 0.29) is 0 Å². The first-order valence-electron chi connectivity index (χ1n) is 5.18. The zero-order valence-corrected chi connectivity index (χ0v) is 9.51. The molecular formula is C12H16F3N. The highest BCUT2D eigenvalue weighted by Crippen LogP contribution is 2.16. The molecule has 0 bridgehead atoms. The Morgan fingerprint density at radius 2 is 1.81 bits per heavy atom. The van der Waals surface area contributed by atoms with Crippen LogP contribution in [0, 0.1) is 6.92 Å². The molecule has 0 amide bonds. The lowest BCUT2D eigenvalue weighted by Crippen LogP contribution is -2.32. The van der Waals surface area contributed by atoms with Gasteiger partial charge in [-0.1, -0.05) is 24.3 Å². The maximum absolute atomic E-state index is 12.1. The van der Waals surface area contributed by atoms with Crippen LogP contribution in [0.2, 0.25) is 0 Å². The van der Waals surface area contributed by atoms with Gasteiger partial charge in [-0.3, -0.25) is 4.90 Å². The Bertz CT molecular complexity index is 333. The summed E-state index contributed by atoms with van der Waals surface area (Å²) in [6.07, 6.45) is -3.46. The van der Waals surface area contributed by atoms with Crippen molar-refractivity contribution in [3.63, 3.8) is 0 Å². The SMILES string of the molecule is Cc1ccccc1CCN(C)CC(F)(F)F. The van der Waals surface area contributed by atoms with Crippen LogP contribution >= 0.6 is 0 Å². The van der Waals surface area contributed by atoms with E-state index in [4.69, 9.17) is 0 Å². The van der Waals surface area contributed by atoms with Gasteiger partial charge in [-0.05, 0) is 31.5 Å². The minimum absolute atomic E-state index is 0.421. The van der Waals surface area contributed by atoms with E-state index in [0.717, 1.165) is 11.1 Å². The van der Waals surface area contributed by atoms with Crippen LogP contribution in [0.25, 0.3) is 0 Å². The lowest BCUT2D eigenvalue weighted by atomic mass is 10.1. The first-order chi connectivity index (χ1) is 7.38. The molecule has 0 aliphatic carbocycles. The first kappa shape index (κ1) is 13.0. The van der Waals surface area contributed by atoms with Gasteiger partial charge < -0.3 is 0 Å². The number of aryl methyl sites for hydroxylation is 1. The Kier molecular flexibility index (Phi) is 4.35. The van der Waals surface area contributed by atoms with Gasteiger partial charge >= 0.3 is 6.18 Å². The molecule has 0 fully saturated rings. The molecule has 1 nitrogen and oxygen atoms in total. The molecule has 0 heterocycles. The molecule has 0 unspecified atom stereocenters. The summed E-state index contributed by atoms with van der Waals surface area (Å²) in [4.78, 5) is 1.30. The minimum Gasteiger partial charge on any atom is -0.298 e. The summed E-state index contributed by atoms with van der Waals surface area (Å²) in [5.41, 5.74) is 2.24. The molecule has 4 heteroatoms. The number of likely N-dealkylation sites (N-methyl/N-ethyl adjacent to an activating group) is 1. The summed E-state index contributed by atoms with van der Waals surface area (Å²) in [6, 6.07) is 7.76. The molecule has 0 radical (unpaired) electrons. The van der Waals surface area contributed by atoms with Crippen LogP contribution in [0.3, 0.4) is 0 Å². The van der Waals surface area contributed by atoms with Crippen LogP contribution in [0.5, 0.6) is 0 Å². The first-order valence-corrected chi connectivity index (χ1v) is 5.18. The average molecular weight is 231 g/mol. The van der Waals surface area contributed by atoms with Gasteiger partial charge in [0.15, 0.2) is 0 Å². The van der Waals surface area contributed by atoms with Crippen molar-refractivity contribution >= 4 is 0 Å². The fourth-order valence-corrected chi connectivity index (χ4v) is 1.59. The molecule has 0 saturated carbocycles. The largest absolute Gasteiger partial charge is 0.401 e. The van der Waals surface area contributed by atoms with Gasteiger partial charge in [-0.15, -0.1) is 0 Å². The van der Waals surface area contributed by atoms with E-state index in [0.29, 0.717) is 13.0 Å². The summed E-state index contributed by atoms with van der Waals surface area (Å²) in [7, 11) is 1.49. The van der Waals surface area contributed by atoms with Crippen molar-refractivity contribution in [2.75, 3.05) is 20.1 Å². The molecule has 0 aromatic heterocycles. The van der Waals surface area contributed by atoms with E-state index in [1.807, 2.05) is 31.2 Å². The van der Waals surface area contributed by atoms with E-state index < -0.39 is 12.7 Å². The Balaban J connectivity index is 2.43. The van der Waals surface area contributed by atoms with Crippen molar-refractivity contribution in [3.05, 3.63) is 35.4 Å². The molecule has 0 N–H and O–H groups in total. The maximum Gasteiger partial charge on any atom is 0.401 e. The predicted octanol–water partition coefficient (Wildman–Crippen LogP) is 3.03. The topological polar surface area (TPSA) is 3.24 Å². The highest BCUT2D eigenvalue weighted by Gasteiger charge is 2.28. The second kappa shape index (κ2) is 5.34. The summed E-state index contributed by atoms with van der Waals surface area (Å²) < 4.78 is 36.2. The number of nitrogens with zero attached hydrogens (tertiary/aromatic N) is 1. The zero-order chi connectivity index (χ0) is 12.2. The molecule has 0 aliphatic rings. The van der Waals surface area contributed by atoms with E-state index in [9.17, 15) is 13.2 Å². The molecule has 0 aliphatic heterocycles. The van der Waals surface area contributed by atoms with Crippen LogP contribution < -0.4 is 0 Å². The Hall–Kier alpha value is -1.03. The van der Waals surface area contributed by atoms with E-state index in [1.54, 1.807) is 0 Å². The maximum atomic E-state index is 12.1. The third-order valence-electron chi connectivity index (χ3n) is 2.47. The number of hydrogen-bond donors (Lipinski definition) is 0. The predicted molar refractivity (Wildman–Crippen MR) is 58.4 cm³/mol. The van der Waals surface area contributed by atoms with E-state index in [1.165, 1.54) is 11.9 Å². The second-order valence-electron chi connectivity index (χ2n) is 4.03. The second-order valence-corrected chi connectivity index (χ2v) is 4.03. The van der Waals surface area contributed by atoms with Crippen molar-refractivity contribution in [1.29, 1.82) is 0 Å². The van der Waals surface area contributed by atoms with Crippen LogP contribution in [0.15, 0.2) is 24.3 Å². The van der Waals surface area contributed by atoms with Gasteiger partial charge in [-0.2, -0.15) is 13.2 Å². The lowest BCUT2D eigenvalue weighted by Gasteiger charge is -2.18. The molecule has 0 spiro atoms. The Morgan fingerprint density at radius 1 is 1.19 bits per heavy atom. The number of hydrogen-bond acceptors (Lipinski definition) is 1. The highest BCUT2D eigenvalue weighted by molar-refractivity contribution is 5.25. The van der Waals surface area contributed by atoms with E-state index in [2.05, 4.69) is 0 Å². The van der Waals surface area contributed by atoms with Crippen molar-refractivity contribution < 1.29 is 13.2 Å². The van der Waals surface area contributed by atoms with Gasteiger partial charge in [-0.25, -0.2) is 0 Å². The molecule has 1 aromatic rings. The Labute approximate surface area is 93.9 Å². The molecule has 0 saturated heterocycles. The van der Waals surface area contributed by atoms with Crippen LogP contribution in [0.4, 0.5) is 13.2 Å². The van der Waals surface area contributed by atoms with Gasteiger partial charge in [0, 0.05) is 6.54 Å². The molecule has 1 aromatic carbocycles. The summed E-state index contributed by atoms with van der Waals surface area (Å²) in [6.45, 7) is 1.54. The van der Waals surface area contributed by atoms with Crippen molar-refractivity contribution in [1.82, 2.24) is 4.90 Å². The summed E-state index contributed by atoms with van der Waals surface area (Å²) in [5.74, 6) is 0. The van der Waals surface area contributed by atoms with E-state index >= 15 is 0 Å². The fourth-order valence-electron chi connectivity index (χ4n) is 1.59. The molecule has 16 heavy (non-hydrogen) atoms. The quantitative estimate of drug-likeness (QED) is 0.770. The highest BCUT2D eigenvalue weighted by atomic mass is 19.4. The van der Waals surface area contributed by atoms with Crippen LogP contribution in [-0.4, -0.2) is 31.2 Å².